The van der Waals surface area contributed by atoms with Gasteiger partial charge >= 0.3 is 0 Å². The SMILES string of the molecule is N=C1S/C(=C\c2ccc(OCc3ccc([N+](=O)[O-])cc3)cc2)C(=O)[C@@H]1c1nccs1. The minimum Gasteiger partial charge on any atom is -0.489 e. The average molecular weight is 438 g/mol. The van der Waals surface area contributed by atoms with Crippen LogP contribution in [0.25, 0.3) is 6.08 Å². The van der Waals surface area contributed by atoms with E-state index in [9.17, 15) is 14.9 Å². The number of allylic oxidation sites excluding steroid dienone is 1. The van der Waals surface area contributed by atoms with Crippen molar-refractivity contribution in [2.45, 2.75) is 12.5 Å². The molecule has 3 aromatic rings. The molecule has 1 aliphatic rings. The molecule has 1 saturated heterocycles. The summed E-state index contributed by atoms with van der Waals surface area (Å²) >= 11 is 2.55. The Kier molecular flexibility index (Phi) is 5.73. The van der Waals surface area contributed by atoms with Gasteiger partial charge in [-0.05, 0) is 41.5 Å². The number of nitro benzene ring substituents is 1. The number of aromatic nitrogens is 1. The Bertz CT molecular complexity index is 1120. The molecule has 0 unspecified atom stereocenters. The highest BCUT2D eigenvalue weighted by Crippen LogP contribution is 2.41. The minimum atomic E-state index is -0.592. The molecule has 1 atom stereocenters. The third-order valence-electron chi connectivity index (χ3n) is 4.42. The summed E-state index contributed by atoms with van der Waals surface area (Å²) in [7, 11) is 0. The molecule has 7 nitrogen and oxygen atoms in total. The number of nitrogens with zero attached hydrogens (tertiary/aromatic N) is 2. The third-order valence-corrected chi connectivity index (χ3v) is 6.25. The van der Waals surface area contributed by atoms with Gasteiger partial charge in [-0.25, -0.2) is 4.98 Å². The molecule has 0 radical (unpaired) electrons. The lowest BCUT2D eigenvalue weighted by molar-refractivity contribution is -0.384. The van der Waals surface area contributed by atoms with Gasteiger partial charge in [0.2, 0.25) is 0 Å². The van der Waals surface area contributed by atoms with Crippen LogP contribution in [0.5, 0.6) is 5.75 Å². The number of Topliss-reactive ketones (excluding diaryl/α,β-unsaturated/α-hetero) is 1. The van der Waals surface area contributed by atoms with Gasteiger partial charge in [0, 0.05) is 23.7 Å². The molecule has 0 spiro atoms. The van der Waals surface area contributed by atoms with Crippen molar-refractivity contribution in [3.63, 3.8) is 0 Å². The number of hydrogen-bond donors (Lipinski definition) is 1. The lowest BCUT2D eigenvalue weighted by atomic mass is 10.1. The van der Waals surface area contributed by atoms with E-state index in [4.69, 9.17) is 10.1 Å². The number of thiazole rings is 1. The van der Waals surface area contributed by atoms with Crippen LogP contribution in [0.3, 0.4) is 0 Å². The second-order valence-corrected chi connectivity index (χ2v) is 8.43. The van der Waals surface area contributed by atoms with Crippen molar-refractivity contribution in [3.05, 3.63) is 91.3 Å². The van der Waals surface area contributed by atoms with Crippen LogP contribution in [0.1, 0.15) is 22.1 Å². The second-order valence-electron chi connectivity index (χ2n) is 6.42. The average Bonchev–Trinajstić information content (AvgIpc) is 3.36. The highest BCUT2D eigenvalue weighted by Gasteiger charge is 2.38. The van der Waals surface area contributed by atoms with Crippen LogP contribution in [-0.2, 0) is 11.4 Å². The van der Waals surface area contributed by atoms with Crippen LogP contribution in [0.4, 0.5) is 5.69 Å². The van der Waals surface area contributed by atoms with Crippen LogP contribution in [0, 0.1) is 15.5 Å². The third kappa shape index (κ3) is 4.32. The van der Waals surface area contributed by atoms with E-state index in [1.807, 2.05) is 12.1 Å². The summed E-state index contributed by atoms with van der Waals surface area (Å²) in [6, 6.07) is 13.5. The summed E-state index contributed by atoms with van der Waals surface area (Å²) in [4.78, 5) is 27.6. The zero-order valence-electron chi connectivity index (χ0n) is 15.5. The van der Waals surface area contributed by atoms with Crippen LogP contribution < -0.4 is 4.74 Å². The quantitative estimate of drug-likeness (QED) is 0.329. The topological polar surface area (TPSA) is 106 Å². The van der Waals surface area contributed by atoms with Crippen molar-refractivity contribution in [1.29, 1.82) is 5.41 Å². The molecule has 1 fully saturated rings. The fourth-order valence-electron chi connectivity index (χ4n) is 2.88. The smallest absolute Gasteiger partial charge is 0.269 e. The number of non-ortho nitro benzene ring substituents is 1. The Morgan fingerprint density at radius 3 is 2.53 bits per heavy atom. The number of ether oxygens (including phenoxy) is 1. The van der Waals surface area contributed by atoms with E-state index in [2.05, 4.69) is 4.98 Å². The minimum absolute atomic E-state index is 0.0423. The van der Waals surface area contributed by atoms with Crippen molar-refractivity contribution in [2.75, 3.05) is 0 Å². The molecule has 1 aliphatic heterocycles. The Balaban J connectivity index is 1.40. The molecule has 150 valence electrons. The van der Waals surface area contributed by atoms with Gasteiger partial charge in [-0.15, -0.1) is 11.3 Å². The van der Waals surface area contributed by atoms with Crippen molar-refractivity contribution in [3.8, 4) is 5.75 Å². The molecule has 0 amide bonds. The summed E-state index contributed by atoms with van der Waals surface area (Å²) in [5, 5.41) is 21.6. The molecule has 2 aromatic carbocycles. The van der Waals surface area contributed by atoms with Gasteiger partial charge in [0.25, 0.3) is 5.69 Å². The maximum atomic E-state index is 12.7. The Labute approximate surface area is 180 Å². The first kappa shape index (κ1) is 20.0. The summed E-state index contributed by atoms with van der Waals surface area (Å²) in [6.45, 7) is 0.291. The Hall–Kier alpha value is -3.30. The molecule has 2 heterocycles. The highest BCUT2D eigenvalue weighted by molar-refractivity contribution is 8.19. The van der Waals surface area contributed by atoms with Crippen molar-refractivity contribution < 1.29 is 14.5 Å². The van der Waals surface area contributed by atoms with Gasteiger partial charge in [0.15, 0.2) is 5.78 Å². The molecule has 0 bridgehead atoms. The number of rotatable bonds is 6. The van der Waals surface area contributed by atoms with Gasteiger partial charge in [-0.2, -0.15) is 0 Å². The van der Waals surface area contributed by atoms with E-state index in [0.717, 1.165) is 11.1 Å². The first-order chi connectivity index (χ1) is 14.5. The van der Waals surface area contributed by atoms with Gasteiger partial charge in [-0.3, -0.25) is 20.3 Å². The molecule has 1 N–H and O–H groups in total. The maximum Gasteiger partial charge on any atom is 0.269 e. The van der Waals surface area contributed by atoms with Crippen molar-refractivity contribution in [2.24, 2.45) is 0 Å². The Morgan fingerprint density at radius 1 is 1.17 bits per heavy atom. The number of thioether (sulfide) groups is 1. The van der Waals surface area contributed by atoms with E-state index < -0.39 is 10.8 Å². The molecule has 30 heavy (non-hydrogen) atoms. The molecular formula is C21H15N3O4S2. The summed E-state index contributed by atoms with van der Waals surface area (Å²) in [5.74, 6) is -0.0432. The monoisotopic (exact) mass is 437 g/mol. The second kappa shape index (κ2) is 8.60. The van der Waals surface area contributed by atoms with Crippen LogP contribution in [0.15, 0.2) is 65.0 Å². The van der Waals surface area contributed by atoms with E-state index in [-0.39, 0.29) is 11.5 Å². The molecular weight excluding hydrogens is 422 g/mol. The molecule has 4 rings (SSSR count). The predicted molar refractivity (Wildman–Crippen MR) is 117 cm³/mol. The number of benzene rings is 2. The lowest BCUT2D eigenvalue weighted by Gasteiger charge is -2.06. The van der Waals surface area contributed by atoms with Gasteiger partial charge in [0.1, 0.15) is 23.3 Å². The number of ketones is 1. The summed E-state index contributed by atoms with van der Waals surface area (Å²) in [5.41, 5.74) is 1.70. The zero-order chi connectivity index (χ0) is 21.1. The number of nitrogens with one attached hydrogen (secondary N) is 1. The molecule has 1 aromatic heterocycles. The maximum absolute atomic E-state index is 12.7. The number of hydrogen-bond acceptors (Lipinski definition) is 8. The largest absolute Gasteiger partial charge is 0.489 e. The van der Waals surface area contributed by atoms with Gasteiger partial charge in [0.05, 0.1) is 14.9 Å². The normalized spacial score (nSPS) is 17.5. The fourth-order valence-corrected chi connectivity index (χ4v) is 4.69. The summed E-state index contributed by atoms with van der Waals surface area (Å²) < 4.78 is 5.72. The molecule has 0 saturated carbocycles. The zero-order valence-corrected chi connectivity index (χ0v) is 17.1. The highest BCUT2D eigenvalue weighted by atomic mass is 32.2. The van der Waals surface area contributed by atoms with Gasteiger partial charge in [-0.1, -0.05) is 23.9 Å². The van der Waals surface area contributed by atoms with E-state index in [0.29, 0.717) is 27.3 Å². The van der Waals surface area contributed by atoms with E-state index in [1.54, 1.807) is 41.9 Å². The summed E-state index contributed by atoms with van der Waals surface area (Å²) in [6.07, 6.45) is 3.41. The van der Waals surface area contributed by atoms with E-state index in [1.165, 1.54) is 35.2 Å². The van der Waals surface area contributed by atoms with Crippen LogP contribution in [0.2, 0.25) is 0 Å². The molecule has 9 heteroatoms. The van der Waals surface area contributed by atoms with Gasteiger partial charge < -0.3 is 4.74 Å². The Morgan fingerprint density at radius 2 is 1.90 bits per heavy atom. The number of carbonyl (C=O) groups excluding carboxylic acids is 1. The predicted octanol–water partition coefficient (Wildman–Crippen LogP) is 5.05. The van der Waals surface area contributed by atoms with Crippen LogP contribution in [-0.4, -0.2) is 20.7 Å². The number of nitro groups is 1. The van der Waals surface area contributed by atoms with Crippen LogP contribution >= 0.6 is 23.1 Å². The lowest BCUT2D eigenvalue weighted by Crippen LogP contribution is -2.11. The van der Waals surface area contributed by atoms with E-state index >= 15 is 0 Å². The standard InChI is InChI=1S/C21H15N3O4S2/c22-20-18(21-23-9-10-29-21)19(25)17(30-20)11-13-3-7-16(8-4-13)28-12-14-1-5-15(6-2-14)24(26)27/h1-11,18,22H,12H2/b17-11-,22-20?/t18-/m0/s1. The van der Waals surface area contributed by atoms with Crippen molar-refractivity contribution in [1.82, 2.24) is 4.98 Å². The van der Waals surface area contributed by atoms with Crippen molar-refractivity contribution >= 4 is 45.7 Å². The first-order valence-electron chi connectivity index (χ1n) is 8.89. The first-order valence-corrected chi connectivity index (χ1v) is 10.6. The fraction of sp³-hybridized carbons (Fsp3) is 0.0952. The number of carbonyl (C=O) groups is 1. The molecule has 0 aliphatic carbocycles.